The fourth-order valence-electron chi connectivity index (χ4n) is 4.06. The lowest BCUT2D eigenvalue weighted by atomic mass is 9.76. The molecule has 3 nitrogen and oxygen atoms in total. The average Bonchev–Trinajstić information content (AvgIpc) is 2.68. The van der Waals surface area contributed by atoms with Crippen LogP contribution >= 0.6 is 0 Å². The van der Waals surface area contributed by atoms with Gasteiger partial charge in [0, 0.05) is 12.8 Å². The molecule has 30 heavy (non-hydrogen) atoms. The summed E-state index contributed by atoms with van der Waals surface area (Å²) >= 11 is 0. The van der Waals surface area contributed by atoms with E-state index in [1.54, 1.807) is 0 Å². The molecule has 0 radical (unpaired) electrons. The molecule has 0 aliphatic carbocycles. The van der Waals surface area contributed by atoms with Crippen molar-refractivity contribution in [1.29, 1.82) is 0 Å². The Labute approximate surface area is 187 Å². The minimum Gasteiger partial charge on any atom is -0.481 e. The van der Waals surface area contributed by atoms with E-state index in [-0.39, 0.29) is 17.3 Å². The second kappa shape index (κ2) is 17.5. The Hall–Kier alpha value is -1.12. The van der Waals surface area contributed by atoms with Crippen LogP contribution in [0.4, 0.5) is 0 Å². The molecule has 0 aromatic rings. The third kappa shape index (κ3) is 16.7. The minimum atomic E-state index is -0.660. The van der Waals surface area contributed by atoms with Crippen LogP contribution in [0.15, 0.2) is 12.2 Å². The number of carbonyl (C=O) groups excluding carboxylic acids is 1. The predicted octanol–water partition coefficient (Wildman–Crippen LogP) is 8.37. The molecule has 0 aliphatic heterocycles. The third-order valence-electron chi connectivity index (χ3n) is 5.91. The van der Waals surface area contributed by atoms with Gasteiger partial charge in [0.05, 0.1) is 5.92 Å². The molecule has 0 bridgehead atoms. The van der Waals surface area contributed by atoms with Crippen molar-refractivity contribution >= 4 is 11.8 Å². The van der Waals surface area contributed by atoms with Gasteiger partial charge in [0.15, 0.2) is 0 Å². The highest BCUT2D eigenvalue weighted by Gasteiger charge is 2.30. The summed E-state index contributed by atoms with van der Waals surface area (Å²) in [6.45, 7) is 10.6. The number of ketones is 1. The highest BCUT2D eigenvalue weighted by molar-refractivity contribution is 5.77. The Balaban J connectivity index is 4.61. The lowest BCUT2D eigenvalue weighted by Crippen LogP contribution is -2.27. The van der Waals surface area contributed by atoms with Crippen molar-refractivity contribution in [2.45, 2.75) is 131 Å². The summed E-state index contributed by atoms with van der Waals surface area (Å²) < 4.78 is 0. The lowest BCUT2D eigenvalue weighted by Gasteiger charge is -2.28. The van der Waals surface area contributed by atoms with Crippen molar-refractivity contribution in [2.75, 3.05) is 0 Å². The SMILES string of the molecule is CCCCCCCC/C=C/C(CCCCCCC(=O)CC)C(CC(C)(C)C)C(=O)O. The smallest absolute Gasteiger partial charge is 0.307 e. The number of rotatable bonds is 19. The number of carboxylic acids is 1. The monoisotopic (exact) mass is 422 g/mol. The summed E-state index contributed by atoms with van der Waals surface area (Å²) in [6.07, 6.45) is 20.4. The molecule has 1 N–H and O–H groups in total. The van der Waals surface area contributed by atoms with E-state index < -0.39 is 5.97 Å². The maximum absolute atomic E-state index is 12.0. The van der Waals surface area contributed by atoms with Gasteiger partial charge in [0.25, 0.3) is 0 Å². The summed E-state index contributed by atoms with van der Waals surface area (Å²) in [5, 5.41) is 9.89. The molecule has 176 valence electrons. The molecular weight excluding hydrogens is 372 g/mol. The van der Waals surface area contributed by atoms with E-state index in [0.29, 0.717) is 25.0 Å². The number of carbonyl (C=O) groups is 2. The van der Waals surface area contributed by atoms with Crippen LogP contribution in [0.5, 0.6) is 0 Å². The Kier molecular flexibility index (Phi) is 16.9. The van der Waals surface area contributed by atoms with Gasteiger partial charge >= 0.3 is 5.97 Å². The van der Waals surface area contributed by atoms with Gasteiger partial charge in [0.1, 0.15) is 5.78 Å². The van der Waals surface area contributed by atoms with Gasteiger partial charge in [0.2, 0.25) is 0 Å². The molecule has 0 fully saturated rings. The number of unbranched alkanes of at least 4 members (excludes halogenated alkanes) is 9. The summed E-state index contributed by atoms with van der Waals surface area (Å²) in [4.78, 5) is 23.4. The fourth-order valence-corrected chi connectivity index (χ4v) is 4.06. The highest BCUT2D eigenvalue weighted by Crippen LogP contribution is 2.33. The molecule has 0 saturated heterocycles. The minimum absolute atomic E-state index is 0.00887. The maximum Gasteiger partial charge on any atom is 0.307 e. The lowest BCUT2D eigenvalue weighted by molar-refractivity contribution is -0.144. The van der Waals surface area contributed by atoms with E-state index in [4.69, 9.17) is 0 Å². The van der Waals surface area contributed by atoms with Crippen LogP contribution in [0, 0.1) is 17.3 Å². The first-order chi connectivity index (χ1) is 14.2. The van der Waals surface area contributed by atoms with Crippen molar-refractivity contribution in [3.8, 4) is 0 Å². The normalized spacial score (nSPS) is 14.2. The number of hydrogen-bond acceptors (Lipinski definition) is 2. The average molecular weight is 423 g/mol. The van der Waals surface area contributed by atoms with E-state index in [2.05, 4.69) is 39.8 Å². The Morgan fingerprint density at radius 1 is 0.867 bits per heavy atom. The molecule has 0 aromatic heterocycles. The van der Waals surface area contributed by atoms with E-state index >= 15 is 0 Å². The van der Waals surface area contributed by atoms with Gasteiger partial charge in [-0.3, -0.25) is 9.59 Å². The van der Waals surface area contributed by atoms with Crippen molar-refractivity contribution in [1.82, 2.24) is 0 Å². The van der Waals surface area contributed by atoms with Crippen LogP contribution in [-0.4, -0.2) is 16.9 Å². The molecule has 0 amide bonds. The van der Waals surface area contributed by atoms with Crippen molar-refractivity contribution in [2.24, 2.45) is 17.3 Å². The van der Waals surface area contributed by atoms with Gasteiger partial charge in [-0.2, -0.15) is 0 Å². The van der Waals surface area contributed by atoms with Crippen molar-refractivity contribution in [3.63, 3.8) is 0 Å². The van der Waals surface area contributed by atoms with Gasteiger partial charge in [-0.15, -0.1) is 0 Å². The molecule has 0 rings (SSSR count). The molecular formula is C27H50O3. The second-order valence-corrected chi connectivity index (χ2v) is 10.2. The highest BCUT2D eigenvalue weighted by atomic mass is 16.4. The summed E-state index contributed by atoms with van der Waals surface area (Å²) in [6, 6.07) is 0. The topological polar surface area (TPSA) is 54.4 Å². The third-order valence-corrected chi connectivity index (χ3v) is 5.91. The summed E-state index contributed by atoms with van der Waals surface area (Å²) in [7, 11) is 0. The van der Waals surface area contributed by atoms with Crippen molar-refractivity contribution in [3.05, 3.63) is 12.2 Å². The first-order valence-electron chi connectivity index (χ1n) is 12.6. The molecule has 3 heteroatoms. The van der Waals surface area contributed by atoms with Crippen LogP contribution in [0.3, 0.4) is 0 Å². The summed E-state index contributed by atoms with van der Waals surface area (Å²) in [5.74, 6) is -0.513. The molecule has 0 aromatic carbocycles. The molecule has 2 unspecified atom stereocenters. The molecule has 0 saturated carbocycles. The first-order valence-corrected chi connectivity index (χ1v) is 12.6. The van der Waals surface area contributed by atoms with Gasteiger partial charge in [-0.05, 0) is 43.4 Å². The maximum atomic E-state index is 12.0. The zero-order valence-electron chi connectivity index (χ0n) is 20.7. The first kappa shape index (κ1) is 28.9. The fraction of sp³-hybridized carbons (Fsp3) is 0.852. The quantitative estimate of drug-likeness (QED) is 0.168. The van der Waals surface area contributed by atoms with Gasteiger partial charge < -0.3 is 5.11 Å². The van der Waals surface area contributed by atoms with Crippen LogP contribution in [-0.2, 0) is 9.59 Å². The Morgan fingerprint density at radius 3 is 2.07 bits per heavy atom. The summed E-state index contributed by atoms with van der Waals surface area (Å²) in [5.41, 5.74) is 0.00887. The largest absolute Gasteiger partial charge is 0.481 e. The van der Waals surface area contributed by atoms with E-state index in [9.17, 15) is 14.7 Å². The second-order valence-electron chi connectivity index (χ2n) is 10.2. The molecule has 2 atom stereocenters. The number of aliphatic carboxylic acids is 1. The number of carboxylic acid groups (broad SMARTS) is 1. The van der Waals surface area contributed by atoms with E-state index in [1.807, 2.05) is 6.92 Å². The van der Waals surface area contributed by atoms with E-state index in [0.717, 1.165) is 38.5 Å². The number of Topliss-reactive ketones (excluding diaryl/α,β-unsaturated/α-hetero) is 1. The zero-order chi connectivity index (χ0) is 22.8. The standard InChI is InChI=1S/C27H50O3/c1-6-8-9-10-11-12-13-16-19-23(25(26(29)30)22-27(3,4)5)20-17-14-15-18-21-24(28)7-2/h16,19,23,25H,6-15,17-18,20-22H2,1-5H3,(H,29,30)/b19-16+. The van der Waals surface area contributed by atoms with Gasteiger partial charge in [-0.1, -0.05) is 98.1 Å². The van der Waals surface area contributed by atoms with Crippen LogP contribution in [0.25, 0.3) is 0 Å². The molecule has 0 aliphatic rings. The van der Waals surface area contributed by atoms with Crippen LogP contribution < -0.4 is 0 Å². The van der Waals surface area contributed by atoms with Crippen LogP contribution in [0.2, 0.25) is 0 Å². The predicted molar refractivity (Wildman–Crippen MR) is 129 cm³/mol. The molecule has 0 heterocycles. The van der Waals surface area contributed by atoms with Crippen molar-refractivity contribution < 1.29 is 14.7 Å². The van der Waals surface area contributed by atoms with Crippen LogP contribution in [0.1, 0.15) is 131 Å². The van der Waals surface area contributed by atoms with Gasteiger partial charge in [-0.25, -0.2) is 0 Å². The molecule has 0 spiro atoms. The Bertz CT molecular complexity index is 473. The van der Waals surface area contributed by atoms with E-state index in [1.165, 1.54) is 38.5 Å². The number of allylic oxidation sites excluding steroid dienone is 2. The Morgan fingerprint density at radius 2 is 1.47 bits per heavy atom. The zero-order valence-corrected chi connectivity index (χ0v) is 20.7. The number of hydrogen-bond donors (Lipinski definition) is 1.